The van der Waals surface area contributed by atoms with Gasteiger partial charge in [-0.25, -0.2) is 19.6 Å². The number of hydrazine groups is 1. The molecule has 0 saturated heterocycles. The SMILES string of the molecule is NNC(=NC1CCCC1)Nc1cc(F)ccc1F. The molecule has 1 aromatic rings. The average Bonchev–Trinajstić information content (AvgIpc) is 2.85. The van der Waals surface area contributed by atoms with Crippen molar-refractivity contribution in [3.8, 4) is 0 Å². The largest absolute Gasteiger partial charge is 0.323 e. The fraction of sp³-hybridized carbons (Fsp3) is 0.417. The van der Waals surface area contributed by atoms with Crippen molar-refractivity contribution in [2.45, 2.75) is 31.7 Å². The lowest BCUT2D eigenvalue weighted by molar-refractivity contribution is 0.603. The summed E-state index contributed by atoms with van der Waals surface area (Å²) in [5.41, 5.74) is 2.39. The predicted octanol–water partition coefficient (Wildman–Crippen LogP) is 2.14. The summed E-state index contributed by atoms with van der Waals surface area (Å²) in [6, 6.07) is 3.38. The van der Waals surface area contributed by atoms with E-state index in [0.29, 0.717) is 0 Å². The molecule has 6 heteroatoms. The number of nitrogens with two attached hydrogens (primary N) is 1. The normalized spacial score (nSPS) is 16.9. The van der Waals surface area contributed by atoms with Crippen LogP contribution in [0.5, 0.6) is 0 Å². The van der Waals surface area contributed by atoms with Crippen molar-refractivity contribution in [3.05, 3.63) is 29.8 Å². The van der Waals surface area contributed by atoms with Gasteiger partial charge in [0.1, 0.15) is 11.6 Å². The number of anilines is 1. The smallest absolute Gasteiger partial charge is 0.210 e. The van der Waals surface area contributed by atoms with Crippen LogP contribution in [0.1, 0.15) is 25.7 Å². The molecule has 0 radical (unpaired) electrons. The molecular formula is C12H16F2N4. The summed E-state index contributed by atoms with van der Waals surface area (Å²) in [6.07, 6.45) is 4.28. The van der Waals surface area contributed by atoms with Crippen molar-refractivity contribution >= 4 is 11.6 Å². The van der Waals surface area contributed by atoms with Crippen LogP contribution in [0.25, 0.3) is 0 Å². The Kier molecular flexibility index (Phi) is 4.09. The van der Waals surface area contributed by atoms with E-state index in [1.807, 2.05) is 0 Å². The molecule has 0 heterocycles. The van der Waals surface area contributed by atoms with Crippen LogP contribution in [0.15, 0.2) is 23.2 Å². The second-order valence-corrected chi connectivity index (χ2v) is 4.31. The summed E-state index contributed by atoms with van der Waals surface area (Å²) in [7, 11) is 0. The molecule has 18 heavy (non-hydrogen) atoms. The summed E-state index contributed by atoms with van der Waals surface area (Å²) < 4.78 is 26.4. The fourth-order valence-electron chi connectivity index (χ4n) is 2.04. The zero-order valence-electron chi connectivity index (χ0n) is 9.92. The first-order valence-corrected chi connectivity index (χ1v) is 5.95. The van der Waals surface area contributed by atoms with E-state index in [0.717, 1.165) is 43.9 Å². The minimum absolute atomic E-state index is 0.0182. The summed E-state index contributed by atoms with van der Waals surface area (Å²) in [5, 5.41) is 2.66. The van der Waals surface area contributed by atoms with Crippen LogP contribution in [0.2, 0.25) is 0 Å². The number of hydrogen-bond acceptors (Lipinski definition) is 2. The first kappa shape index (κ1) is 12.8. The summed E-state index contributed by atoms with van der Waals surface area (Å²) in [6.45, 7) is 0. The molecule has 2 rings (SSSR count). The molecule has 4 nitrogen and oxygen atoms in total. The van der Waals surface area contributed by atoms with Crippen LogP contribution in [0.4, 0.5) is 14.5 Å². The Morgan fingerprint density at radius 1 is 1.28 bits per heavy atom. The molecule has 4 N–H and O–H groups in total. The number of nitrogens with one attached hydrogen (secondary N) is 2. The van der Waals surface area contributed by atoms with Gasteiger partial charge in [-0.15, -0.1) is 0 Å². The Morgan fingerprint density at radius 3 is 2.67 bits per heavy atom. The van der Waals surface area contributed by atoms with Gasteiger partial charge in [-0.3, -0.25) is 5.43 Å². The summed E-state index contributed by atoms with van der Waals surface area (Å²) in [4.78, 5) is 4.34. The molecule has 98 valence electrons. The van der Waals surface area contributed by atoms with Crippen LogP contribution in [0, 0.1) is 11.6 Å². The lowest BCUT2D eigenvalue weighted by Crippen LogP contribution is -2.37. The van der Waals surface area contributed by atoms with E-state index in [1.54, 1.807) is 0 Å². The van der Waals surface area contributed by atoms with Gasteiger partial charge in [-0.2, -0.15) is 0 Å². The lowest BCUT2D eigenvalue weighted by Gasteiger charge is -2.12. The predicted molar refractivity (Wildman–Crippen MR) is 67.0 cm³/mol. The van der Waals surface area contributed by atoms with Gasteiger partial charge in [0.25, 0.3) is 0 Å². The third kappa shape index (κ3) is 3.16. The number of hydrogen-bond donors (Lipinski definition) is 3. The van der Waals surface area contributed by atoms with Crippen molar-refractivity contribution in [2.75, 3.05) is 5.32 Å². The number of benzene rings is 1. The maximum atomic E-state index is 13.4. The van der Waals surface area contributed by atoms with Crippen molar-refractivity contribution < 1.29 is 8.78 Å². The molecule has 0 spiro atoms. The fourth-order valence-corrected chi connectivity index (χ4v) is 2.04. The number of guanidine groups is 1. The second-order valence-electron chi connectivity index (χ2n) is 4.31. The minimum atomic E-state index is -0.550. The van der Waals surface area contributed by atoms with E-state index in [9.17, 15) is 8.78 Å². The molecular weight excluding hydrogens is 238 g/mol. The molecule has 0 amide bonds. The lowest BCUT2D eigenvalue weighted by atomic mass is 10.3. The van der Waals surface area contributed by atoms with E-state index >= 15 is 0 Å². The zero-order chi connectivity index (χ0) is 13.0. The van der Waals surface area contributed by atoms with Gasteiger partial charge in [0, 0.05) is 6.07 Å². The Hall–Kier alpha value is -1.69. The maximum absolute atomic E-state index is 13.4. The van der Waals surface area contributed by atoms with Gasteiger partial charge in [-0.05, 0) is 25.0 Å². The highest BCUT2D eigenvalue weighted by molar-refractivity contribution is 5.93. The maximum Gasteiger partial charge on any atom is 0.210 e. The van der Waals surface area contributed by atoms with Crippen LogP contribution in [-0.4, -0.2) is 12.0 Å². The first-order valence-electron chi connectivity index (χ1n) is 5.95. The third-order valence-corrected chi connectivity index (χ3v) is 2.95. The van der Waals surface area contributed by atoms with E-state index in [1.165, 1.54) is 0 Å². The van der Waals surface area contributed by atoms with Gasteiger partial charge >= 0.3 is 0 Å². The van der Waals surface area contributed by atoms with E-state index in [4.69, 9.17) is 5.84 Å². The number of rotatable bonds is 2. The van der Waals surface area contributed by atoms with E-state index < -0.39 is 11.6 Å². The molecule has 0 atom stereocenters. The number of halogens is 2. The van der Waals surface area contributed by atoms with E-state index in [2.05, 4.69) is 15.7 Å². The third-order valence-electron chi connectivity index (χ3n) is 2.95. The van der Waals surface area contributed by atoms with Crippen LogP contribution in [0.3, 0.4) is 0 Å². The highest BCUT2D eigenvalue weighted by Gasteiger charge is 2.15. The topological polar surface area (TPSA) is 62.4 Å². The molecule has 1 aliphatic rings. The summed E-state index contributed by atoms with van der Waals surface area (Å²) >= 11 is 0. The van der Waals surface area contributed by atoms with Gasteiger partial charge in [0.2, 0.25) is 5.96 Å². The molecule has 0 aromatic heterocycles. The van der Waals surface area contributed by atoms with Gasteiger partial charge in [0.05, 0.1) is 11.7 Å². The van der Waals surface area contributed by atoms with Gasteiger partial charge in [0.15, 0.2) is 0 Å². The van der Waals surface area contributed by atoms with Crippen molar-refractivity contribution in [3.63, 3.8) is 0 Å². The number of aliphatic imine (C=N–C) groups is 1. The standard InChI is InChI=1S/C12H16F2N4/c13-8-5-6-10(14)11(7-8)17-12(18-15)16-9-3-1-2-4-9/h5-7,9H,1-4,15H2,(H2,16,17,18). The Bertz CT molecular complexity index is 442. The molecule has 1 aliphatic carbocycles. The molecule has 0 aliphatic heterocycles. The van der Waals surface area contributed by atoms with Crippen molar-refractivity contribution in [1.29, 1.82) is 0 Å². The Morgan fingerprint density at radius 2 is 2.00 bits per heavy atom. The molecule has 1 aromatic carbocycles. The monoisotopic (exact) mass is 254 g/mol. The first-order chi connectivity index (χ1) is 8.69. The van der Waals surface area contributed by atoms with Gasteiger partial charge < -0.3 is 5.32 Å². The van der Waals surface area contributed by atoms with Gasteiger partial charge in [-0.1, -0.05) is 12.8 Å². The highest BCUT2D eigenvalue weighted by Crippen LogP contribution is 2.21. The average molecular weight is 254 g/mol. The van der Waals surface area contributed by atoms with Crippen LogP contribution in [-0.2, 0) is 0 Å². The van der Waals surface area contributed by atoms with Crippen LogP contribution >= 0.6 is 0 Å². The zero-order valence-corrected chi connectivity index (χ0v) is 9.92. The van der Waals surface area contributed by atoms with Crippen molar-refractivity contribution in [2.24, 2.45) is 10.8 Å². The molecule has 0 bridgehead atoms. The Labute approximate surface area is 104 Å². The highest BCUT2D eigenvalue weighted by atomic mass is 19.1. The quantitative estimate of drug-likeness (QED) is 0.328. The minimum Gasteiger partial charge on any atom is -0.323 e. The molecule has 0 unspecified atom stereocenters. The van der Waals surface area contributed by atoms with Crippen LogP contribution < -0.4 is 16.6 Å². The Balaban J connectivity index is 2.11. The van der Waals surface area contributed by atoms with Crippen molar-refractivity contribution in [1.82, 2.24) is 5.43 Å². The second kappa shape index (κ2) is 5.77. The number of nitrogens with zero attached hydrogens (tertiary/aromatic N) is 1. The molecule has 1 fully saturated rings. The molecule has 1 saturated carbocycles. The van der Waals surface area contributed by atoms with E-state index in [-0.39, 0.29) is 17.7 Å². The summed E-state index contributed by atoms with van der Waals surface area (Å²) in [5.74, 6) is 4.52.